The van der Waals surface area contributed by atoms with Gasteiger partial charge in [-0.1, -0.05) is 0 Å². The van der Waals surface area contributed by atoms with Crippen molar-refractivity contribution in [3.63, 3.8) is 0 Å². The average molecular weight is 191 g/mol. The molecule has 0 radical (unpaired) electrons. The molecule has 1 heterocycles. The van der Waals surface area contributed by atoms with E-state index in [0.717, 1.165) is 12.3 Å². The van der Waals surface area contributed by atoms with Crippen LogP contribution in [0.15, 0.2) is 23.4 Å². The first-order valence-corrected chi connectivity index (χ1v) is 4.39. The maximum absolute atomic E-state index is 12.7. The summed E-state index contributed by atoms with van der Waals surface area (Å²) in [5.41, 5.74) is 0. The molecule has 0 unspecified atom stereocenters. The standard InChI is InChI=1S/C5H6FN3O2S/c6-4-2-1-3-8-5(4)12(10,11)9-7/h1-3,9H,7H2. The summed E-state index contributed by atoms with van der Waals surface area (Å²) in [7, 11) is -3.99. The largest absolute Gasteiger partial charge is 0.273 e. The van der Waals surface area contributed by atoms with Crippen molar-refractivity contribution in [3.05, 3.63) is 24.1 Å². The van der Waals surface area contributed by atoms with Crippen LogP contribution in [0.3, 0.4) is 0 Å². The molecule has 0 saturated heterocycles. The van der Waals surface area contributed by atoms with Crippen LogP contribution >= 0.6 is 0 Å². The van der Waals surface area contributed by atoms with Gasteiger partial charge in [-0.2, -0.15) is 0 Å². The van der Waals surface area contributed by atoms with Gasteiger partial charge in [-0.05, 0) is 12.1 Å². The van der Waals surface area contributed by atoms with Crippen molar-refractivity contribution in [2.75, 3.05) is 0 Å². The lowest BCUT2D eigenvalue weighted by Gasteiger charge is -2.00. The van der Waals surface area contributed by atoms with Gasteiger partial charge in [-0.3, -0.25) is 5.84 Å². The van der Waals surface area contributed by atoms with Gasteiger partial charge in [-0.15, -0.1) is 4.83 Å². The number of hydrogen-bond acceptors (Lipinski definition) is 4. The third kappa shape index (κ3) is 1.58. The highest BCUT2D eigenvalue weighted by atomic mass is 32.2. The normalized spacial score (nSPS) is 11.5. The number of nitrogens with one attached hydrogen (secondary N) is 1. The van der Waals surface area contributed by atoms with Crippen molar-refractivity contribution in [1.29, 1.82) is 0 Å². The minimum Gasteiger partial charge on any atom is -0.257 e. The fraction of sp³-hybridized carbons (Fsp3) is 0. The summed E-state index contributed by atoms with van der Waals surface area (Å²) in [5.74, 6) is 3.73. The molecular weight excluding hydrogens is 185 g/mol. The molecule has 0 spiro atoms. The first kappa shape index (κ1) is 9.04. The topological polar surface area (TPSA) is 85.1 Å². The van der Waals surface area contributed by atoms with Gasteiger partial charge in [0.15, 0.2) is 5.82 Å². The molecule has 1 rings (SSSR count). The van der Waals surface area contributed by atoms with Crippen molar-refractivity contribution in [2.45, 2.75) is 5.03 Å². The molecule has 7 heteroatoms. The number of aromatic nitrogens is 1. The van der Waals surface area contributed by atoms with Crippen LogP contribution in [0.2, 0.25) is 0 Å². The molecule has 0 aliphatic rings. The van der Waals surface area contributed by atoms with Gasteiger partial charge >= 0.3 is 0 Å². The van der Waals surface area contributed by atoms with E-state index in [4.69, 9.17) is 0 Å². The molecular formula is C5H6FN3O2S. The molecule has 12 heavy (non-hydrogen) atoms. The predicted molar refractivity (Wildman–Crippen MR) is 38.7 cm³/mol. The highest BCUT2D eigenvalue weighted by molar-refractivity contribution is 7.89. The van der Waals surface area contributed by atoms with Crippen LogP contribution in [0.5, 0.6) is 0 Å². The Kier molecular flexibility index (Phi) is 2.36. The zero-order valence-electron chi connectivity index (χ0n) is 5.86. The maximum Gasteiger partial charge on any atom is 0.273 e. The molecule has 0 aromatic carbocycles. The molecule has 1 aromatic rings. The Balaban J connectivity index is 3.30. The van der Waals surface area contributed by atoms with E-state index >= 15 is 0 Å². The third-order valence-corrected chi connectivity index (χ3v) is 2.25. The summed E-state index contributed by atoms with van der Waals surface area (Å²) in [6.45, 7) is 0. The summed E-state index contributed by atoms with van der Waals surface area (Å²) >= 11 is 0. The van der Waals surface area contributed by atoms with E-state index in [1.807, 2.05) is 0 Å². The predicted octanol–water partition coefficient (Wildman–Crippen LogP) is -0.627. The number of pyridine rings is 1. The Morgan fingerprint density at radius 2 is 2.25 bits per heavy atom. The van der Waals surface area contributed by atoms with Crippen LogP contribution in [0.25, 0.3) is 0 Å². The summed E-state index contributed by atoms with van der Waals surface area (Å²) in [4.78, 5) is 4.78. The minimum absolute atomic E-state index is 0.701. The van der Waals surface area contributed by atoms with E-state index in [-0.39, 0.29) is 0 Å². The summed E-state index contributed by atoms with van der Waals surface area (Å²) < 4.78 is 34.5. The van der Waals surface area contributed by atoms with Crippen LogP contribution < -0.4 is 10.7 Å². The zero-order chi connectivity index (χ0) is 9.19. The maximum atomic E-state index is 12.7. The van der Waals surface area contributed by atoms with E-state index < -0.39 is 20.9 Å². The van der Waals surface area contributed by atoms with Crippen LogP contribution in [-0.4, -0.2) is 13.4 Å². The first-order chi connectivity index (χ1) is 5.58. The number of nitrogens with two attached hydrogens (primary N) is 1. The SMILES string of the molecule is NNS(=O)(=O)c1ncccc1F. The number of hydrogen-bond donors (Lipinski definition) is 2. The van der Waals surface area contributed by atoms with Crippen LogP contribution in [-0.2, 0) is 10.0 Å². The molecule has 0 bridgehead atoms. The Morgan fingerprint density at radius 1 is 1.58 bits per heavy atom. The number of sulfonamides is 1. The Hall–Kier alpha value is -1.05. The quantitative estimate of drug-likeness (QED) is 0.481. The van der Waals surface area contributed by atoms with E-state index in [1.165, 1.54) is 10.9 Å². The molecule has 0 atom stereocenters. The molecule has 0 aliphatic heterocycles. The lowest BCUT2D eigenvalue weighted by atomic mass is 10.5. The fourth-order valence-electron chi connectivity index (χ4n) is 0.625. The van der Waals surface area contributed by atoms with E-state index in [9.17, 15) is 12.8 Å². The van der Waals surface area contributed by atoms with Gasteiger partial charge in [0, 0.05) is 6.20 Å². The second-order valence-corrected chi connectivity index (χ2v) is 3.54. The number of rotatable bonds is 2. The second kappa shape index (κ2) is 3.13. The Bertz CT molecular complexity index is 378. The lowest BCUT2D eigenvalue weighted by Crippen LogP contribution is -2.31. The fourth-order valence-corrected chi connectivity index (χ4v) is 1.26. The lowest BCUT2D eigenvalue weighted by molar-refractivity contribution is 0.546. The molecule has 1 aromatic heterocycles. The molecule has 0 saturated carbocycles. The molecule has 5 nitrogen and oxygen atoms in total. The highest BCUT2D eigenvalue weighted by Crippen LogP contribution is 2.07. The second-order valence-electron chi connectivity index (χ2n) is 1.91. The van der Waals surface area contributed by atoms with Gasteiger partial charge < -0.3 is 0 Å². The van der Waals surface area contributed by atoms with E-state index in [2.05, 4.69) is 10.8 Å². The number of halogens is 1. The van der Waals surface area contributed by atoms with Gasteiger partial charge in [0.05, 0.1) is 0 Å². The van der Waals surface area contributed by atoms with Crippen LogP contribution in [0, 0.1) is 5.82 Å². The summed E-state index contributed by atoms with van der Waals surface area (Å²) in [5, 5.41) is -0.701. The highest BCUT2D eigenvalue weighted by Gasteiger charge is 2.17. The Morgan fingerprint density at radius 3 is 2.75 bits per heavy atom. The van der Waals surface area contributed by atoms with Crippen molar-refractivity contribution < 1.29 is 12.8 Å². The van der Waals surface area contributed by atoms with Crippen molar-refractivity contribution in [2.24, 2.45) is 5.84 Å². The Labute approximate surface area is 68.4 Å². The van der Waals surface area contributed by atoms with Crippen LogP contribution in [0.4, 0.5) is 4.39 Å². The van der Waals surface area contributed by atoms with Gasteiger partial charge in [0.25, 0.3) is 10.0 Å². The summed E-state index contributed by atoms with van der Waals surface area (Å²) in [6, 6.07) is 2.27. The van der Waals surface area contributed by atoms with Crippen molar-refractivity contribution in [3.8, 4) is 0 Å². The van der Waals surface area contributed by atoms with E-state index in [0.29, 0.717) is 0 Å². The van der Waals surface area contributed by atoms with Crippen LogP contribution in [0.1, 0.15) is 0 Å². The number of nitrogens with zero attached hydrogens (tertiary/aromatic N) is 1. The molecule has 0 amide bonds. The molecule has 0 fully saturated rings. The monoisotopic (exact) mass is 191 g/mol. The third-order valence-electron chi connectivity index (χ3n) is 1.13. The van der Waals surface area contributed by atoms with Crippen molar-refractivity contribution in [1.82, 2.24) is 9.82 Å². The number of hydrazine groups is 1. The zero-order valence-corrected chi connectivity index (χ0v) is 6.68. The molecule has 0 aliphatic carbocycles. The smallest absolute Gasteiger partial charge is 0.257 e. The first-order valence-electron chi connectivity index (χ1n) is 2.91. The van der Waals surface area contributed by atoms with E-state index in [1.54, 1.807) is 0 Å². The van der Waals surface area contributed by atoms with Gasteiger partial charge in [-0.25, -0.2) is 17.8 Å². The van der Waals surface area contributed by atoms with Crippen molar-refractivity contribution >= 4 is 10.0 Å². The minimum atomic E-state index is -3.99. The summed E-state index contributed by atoms with van der Waals surface area (Å²) in [6.07, 6.45) is 1.16. The molecule has 3 N–H and O–H groups in total. The van der Waals surface area contributed by atoms with Gasteiger partial charge in [0.2, 0.25) is 5.03 Å². The molecule has 66 valence electrons. The average Bonchev–Trinajstić information content (AvgIpc) is 2.05. The van der Waals surface area contributed by atoms with Gasteiger partial charge in [0.1, 0.15) is 0 Å².